The van der Waals surface area contributed by atoms with Gasteiger partial charge < -0.3 is 14.2 Å². The van der Waals surface area contributed by atoms with Gasteiger partial charge in [0, 0.05) is 19.3 Å². The summed E-state index contributed by atoms with van der Waals surface area (Å²) in [6, 6.07) is 0. The van der Waals surface area contributed by atoms with Gasteiger partial charge >= 0.3 is 17.9 Å². The summed E-state index contributed by atoms with van der Waals surface area (Å²) in [7, 11) is 0. The molecule has 0 rings (SSSR count). The Labute approximate surface area is 513 Å². The van der Waals surface area contributed by atoms with Crippen LogP contribution in [0.1, 0.15) is 316 Å². The van der Waals surface area contributed by atoms with Gasteiger partial charge in [-0.3, -0.25) is 14.4 Å². The Hall–Kier alpha value is -4.45. The van der Waals surface area contributed by atoms with Crippen LogP contribution in [0.5, 0.6) is 0 Å². The number of esters is 3. The first-order chi connectivity index (χ1) is 41.0. The van der Waals surface area contributed by atoms with Gasteiger partial charge in [-0.15, -0.1) is 0 Å². The average molecular weight is 1150 g/mol. The molecule has 0 saturated heterocycles. The first-order valence-corrected chi connectivity index (χ1v) is 34.7. The van der Waals surface area contributed by atoms with Gasteiger partial charge in [0.15, 0.2) is 6.10 Å². The number of carbonyl (C=O) groups excluding carboxylic acids is 3. The van der Waals surface area contributed by atoms with Crippen molar-refractivity contribution >= 4 is 17.9 Å². The summed E-state index contributed by atoms with van der Waals surface area (Å²) in [6.07, 6.45) is 99.1. The molecule has 83 heavy (non-hydrogen) atoms. The molecule has 0 amide bonds. The minimum absolute atomic E-state index is 0.101. The fourth-order valence-corrected chi connectivity index (χ4v) is 9.49. The lowest BCUT2D eigenvalue weighted by Gasteiger charge is -2.18. The first-order valence-electron chi connectivity index (χ1n) is 34.7. The van der Waals surface area contributed by atoms with Gasteiger partial charge in [-0.25, -0.2) is 0 Å². The lowest BCUT2D eigenvalue weighted by atomic mass is 10.0. The van der Waals surface area contributed by atoms with Gasteiger partial charge in [0.25, 0.3) is 0 Å². The molecule has 0 N–H and O–H groups in total. The average Bonchev–Trinajstić information content (AvgIpc) is 3.49. The summed E-state index contributed by atoms with van der Waals surface area (Å²) in [6.45, 7) is 6.37. The Bertz CT molecular complexity index is 1750. The van der Waals surface area contributed by atoms with Gasteiger partial charge in [-0.05, 0) is 135 Å². The molecule has 0 aliphatic heterocycles. The topological polar surface area (TPSA) is 78.9 Å². The van der Waals surface area contributed by atoms with E-state index in [0.717, 1.165) is 141 Å². The zero-order chi connectivity index (χ0) is 59.9. The second kappa shape index (κ2) is 70.0. The number of ether oxygens (including phenoxy) is 3. The van der Waals surface area contributed by atoms with Crippen molar-refractivity contribution in [3.63, 3.8) is 0 Å². The predicted molar refractivity (Wildman–Crippen MR) is 362 cm³/mol. The summed E-state index contributed by atoms with van der Waals surface area (Å²) in [5, 5.41) is 0. The number of rotatable bonds is 62. The molecule has 1 unspecified atom stereocenters. The second-order valence-corrected chi connectivity index (χ2v) is 22.7. The summed E-state index contributed by atoms with van der Waals surface area (Å²) >= 11 is 0. The van der Waals surface area contributed by atoms with Gasteiger partial charge in [0.05, 0.1) is 0 Å². The SMILES string of the molecule is CC/C=C\C/C=C\C/C=C\C/C=C\C/C=C\CCCCCCCC(=O)OC(COC(=O)CCCC/C=C\C/C=C\C/C=C\C/C=C\CC)COC(=O)CCCCCCCCCCCCCCCCCCC/C=C\C/C=C\CCCCCCC. The molecular weight excluding hydrogens is 1020 g/mol. The summed E-state index contributed by atoms with van der Waals surface area (Å²) < 4.78 is 16.9. The predicted octanol–water partition coefficient (Wildman–Crippen LogP) is 24.1. The fourth-order valence-electron chi connectivity index (χ4n) is 9.49. The lowest BCUT2D eigenvalue weighted by Crippen LogP contribution is -2.30. The van der Waals surface area contributed by atoms with E-state index in [9.17, 15) is 14.4 Å². The van der Waals surface area contributed by atoms with Crippen LogP contribution in [0.15, 0.2) is 134 Å². The van der Waals surface area contributed by atoms with Crippen LogP contribution in [0, 0.1) is 0 Å². The maximum atomic E-state index is 12.9. The second-order valence-electron chi connectivity index (χ2n) is 22.7. The highest BCUT2D eigenvalue weighted by molar-refractivity contribution is 5.71. The van der Waals surface area contributed by atoms with Crippen LogP contribution in [0.3, 0.4) is 0 Å². The maximum absolute atomic E-state index is 12.9. The van der Waals surface area contributed by atoms with E-state index in [-0.39, 0.29) is 31.1 Å². The molecule has 472 valence electrons. The van der Waals surface area contributed by atoms with Crippen LogP contribution in [0.2, 0.25) is 0 Å². The van der Waals surface area contributed by atoms with Gasteiger partial charge in [-0.1, -0.05) is 296 Å². The molecule has 6 nitrogen and oxygen atoms in total. The molecule has 0 aromatic carbocycles. The van der Waals surface area contributed by atoms with Crippen LogP contribution >= 0.6 is 0 Å². The quantitative estimate of drug-likeness (QED) is 0.0261. The number of hydrogen-bond acceptors (Lipinski definition) is 6. The monoisotopic (exact) mass is 1150 g/mol. The normalized spacial score (nSPS) is 13.0. The third-order valence-electron chi connectivity index (χ3n) is 14.6. The first kappa shape index (κ1) is 78.5. The van der Waals surface area contributed by atoms with E-state index in [1.54, 1.807) is 0 Å². The largest absolute Gasteiger partial charge is 0.462 e. The van der Waals surface area contributed by atoms with Crippen LogP contribution in [0.4, 0.5) is 0 Å². The third-order valence-corrected chi connectivity index (χ3v) is 14.6. The van der Waals surface area contributed by atoms with Crippen LogP contribution in [0.25, 0.3) is 0 Å². The molecule has 0 aromatic heterocycles. The van der Waals surface area contributed by atoms with E-state index in [4.69, 9.17) is 14.2 Å². The van der Waals surface area contributed by atoms with E-state index in [0.29, 0.717) is 19.3 Å². The summed E-state index contributed by atoms with van der Waals surface area (Å²) in [5.41, 5.74) is 0. The number of hydrogen-bond donors (Lipinski definition) is 0. The molecule has 6 heteroatoms. The Morgan fingerprint density at radius 2 is 0.470 bits per heavy atom. The van der Waals surface area contributed by atoms with Gasteiger partial charge in [0.1, 0.15) is 13.2 Å². The molecule has 0 heterocycles. The zero-order valence-corrected chi connectivity index (χ0v) is 54.2. The van der Waals surface area contributed by atoms with Crippen molar-refractivity contribution in [3.05, 3.63) is 134 Å². The van der Waals surface area contributed by atoms with Crippen molar-refractivity contribution in [3.8, 4) is 0 Å². The number of unbranched alkanes of at least 4 members (excludes halogenated alkanes) is 29. The molecule has 1 atom stereocenters. The third kappa shape index (κ3) is 68.2. The van der Waals surface area contributed by atoms with Crippen molar-refractivity contribution in [1.29, 1.82) is 0 Å². The highest BCUT2D eigenvalue weighted by atomic mass is 16.6. The lowest BCUT2D eigenvalue weighted by molar-refractivity contribution is -0.167. The molecular formula is C77H128O6. The minimum atomic E-state index is -0.812. The molecule has 0 aliphatic carbocycles. The van der Waals surface area contributed by atoms with E-state index in [1.807, 2.05) is 0 Å². The summed E-state index contributed by atoms with van der Waals surface area (Å²) in [5.74, 6) is -0.957. The molecule has 0 saturated carbocycles. The number of carbonyl (C=O) groups is 3. The molecule has 0 radical (unpaired) electrons. The maximum Gasteiger partial charge on any atom is 0.306 e. The Morgan fingerprint density at radius 3 is 0.759 bits per heavy atom. The minimum Gasteiger partial charge on any atom is -0.462 e. The van der Waals surface area contributed by atoms with E-state index in [1.165, 1.54) is 135 Å². The van der Waals surface area contributed by atoms with Crippen molar-refractivity contribution in [1.82, 2.24) is 0 Å². The fraction of sp³-hybridized carbons (Fsp3) is 0.675. The van der Waals surface area contributed by atoms with Crippen LogP contribution in [-0.2, 0) is 28.6 Å². The van der Waals surface area contributed by atoms with Crippen molar-refractivity contribution in [2.75, 3.05) is 13.2 Å². The van der Waals surface area contributed by atoms with E-state index < -0.39 is 6.10 Å². The molecule has 0 fully saturated rings. The standard InChI is InChI=1S/C77H128O6/c1-4-7-10-13-16-19-22-25-28-30-32-34-35-36-37-38-39-40-41-43-44-46-49-52-55-58-61-64-67-70-76(79)82-73-74(72-81-75(78)69-66-63-60-57-54-51-48-27-24-21-18-15-12-9-6-3)83-77(80)71-68-65-62-59-56-53-50-47-45-42-33-31-29-26-23-20-17-14-11-8-5-2/h8-9,11-12,17-18,20-22,25-27,29-30,32-33,42,47-48,50,54,57,74H,4-7,10,13-16,19,23-24,28,31,34-41,43-46,49,51-53,55-56,58-73H2,1-3H3/b11-8-,12-9-,20-17-,21-18-,25-22-,29-26-,32-30-,42-33-,48-27-,50-47-,57-54-. The molecule has 0 spiro atoms. The van der Waals surface area contributed by atoms with Crippen molar-refractivity contribution in [2.24, 2.45) is 0 Å². The highest BCUT2D eigenvalue weighted by Gasteiger charge is 2.19. The Balaban J connectivity index is 4.35. The highest BCUT2D eigenvalue weighted by Crippen LogP contribution is 2.16. The van der Waals surface area contributed by atoms with Crippen molar-refractivity contribution in [2.45, 2.75) is 322 Å². The van der Waals surface area contributed by atoms with Gasteiger partial charge in [-0.2, -0.15) is 0 Å². The molecule has 0 aromatic rings. The number of allylic oxidation sites excluding steroid dienone is 22. The van der Waals surface area contributed by atoms with Crippen LogP contribution in [-0.4, -0.2) is 37.2 Å². The Kier molecular flexibility index (Phi) is 66.3. The smallest absolute Gasteiger partial charge is 0.306 e. The Morgan fingerprint density at radius 1 is 0.253 bits per heavy atom. The zero-order valence-electron chi connectivity index (χ0n) is 54.2. The van der Waals surface area contributed by atoms with Crippen molar-refractivity contribution < 1.29 is 28.6 Å². The van der Waals surface area contributed by atoms with Gasteiger partial charge in [0.2, 0.25) is 0 Å². The summed E-state index contributed by atoms with van der Waals surface area (Å²) in [4.78, 5) is 38.4. The molecule has 0 bridgehead atoms. The molecule has 0 aliphatic rings. The van der Waals surface area contributed by atoms with E-state index >= 15 is 0 Å². The van der Waals surface area contributed by atoms with E-state index in [2.05, 4.69) is 154 Å². The van der Waals surface area contributed by atoms with Crippen LogP contribution < -0.4 is 0 Å².